The fourth-order valence-corrected chi connectivity index (χ4v) is 1.25. The Hall–Kier alpha value is -1.51. The molecule has 0 bridgehead atoms. The van der Waals surface area contributed by atoms with Gasteiger partial charge in [-0.1, -0.05) is 11.6 Å². The van der Waals surface area contributed by atoms with Crippen LogP contribution in [0.1, 0.15) is 10.4 Å². The molecule has 0 atom stereocenters. The number of esters is 1. The van der Waals surface area contributed by atoms with Gasteiger partial charge in [0.15, 0.2) is 6.61 Å². The second-order valence-corrected chi connectivity index (χ2v) is 4.30. The predicted octanol–water partition coefficient (Wildman–Crippen LogP) is 4.33. The first kappa shape index (κ1) is 17.5. The van der Waals surface area contributed by atoms with Crippen LogP contribution in [0.15, 0.2) is 24.3 Å². The van der Waals surface area contributed by atoms with Crippen molar-refractivity contribution in [3.63, 3.8) is 0 Å². The number of benzene rings is 1. The van der Waals surface area contributed by atoms with E-state index in [1.165, 1.54) is 12.1 Å². The molecule has 0 radical (unpaired) electrons. The van der Waals surface area contributed by atoms with Gasteiger partial charge >= 0.3 is 24.0 Å². The molecule has 2 nitrogen and oxygen atoms in total. The Morgan fingerprint density at radius 3 is 1.90 bits per heavy atom. The van der Waals surface area contributed by atoms with Crippen molar-refractivity contribution in [2.24, 2.45) is 0 Å². The maximum atomic E-state index is 12.9. The van der Waals surface area contributed by atoms with Crippen LogP contribution in [-0.2, 0) is 4.74 Å². The van der Waals surface area contributed by atoms with E-state index in [4.69, 9.17) is 11.6 Å². The number of carbonyl (C=O) groups is 1. The summed E-state index contributed by atoms with van der Waals surface area (Å²) in [6, 6.07) is 4.43. The molecule has 21 heavy (non-hydrogen) atoms. The minimum absolute atomic E-state index is 0.195. The van der Waals surface area contributed by atoms with Crippen molar-refractivity contribution in [3.8, 4) is 0 Å². The van der Waals surface area contributed by atoms with E-state index in [0.29, 0.717) is 0 Å². The van der Waals surface area contributed by atoms with Gasteiger partial charge in [0, 0.05) is 5.02 Å². The second-order valence-electron chi connectivity index (χ2n) is 3.86. The summed E-state index contributed by atoms with van der Waals surface area (Å²) in [6.45, 7) is -2.42. The highest BCUT2D eigenvalue weighted by atomic mass is 35.5. The monoisotopic (exact) mass is 338 g/mol. The van der Waals surface area contributed by atoms with Crippen LogP contribution in [0, 0.1) is 0 Å². The van der Waals surface area contributed by atoms with Gasteiger partial charge < -0.3 is 4.74 Å². The third-order valence-electron chi connectivity index (χ3n) is 2.28. The molecule has 1 aromatic rings. The third kappa shape index (κ3) is 3.78. The van der Waals surface area contributed by atoms with Crippen LogP contribution in [0.25, 0.3) is 0 Å². The lowest BCUT2D eigenvalue weighted by atomic mass is 10.1. The minimum Gasteiger partial charge on any atom is -0.455 e. The van der Waals surface area contributed by atoms with Crippen molar-refractivity contribution in [2.75, 3.05) is 6.61 Å². The van der Waals surface area contributed by atoms with Crippen molar-refractivity contribution in [1.29, 1.82) is 0 Å². The Kier molecular flexibility index (Phi) is 4.76. The standard InChI is InChI=1S/C11H6ClF7O2/c12-7-3-1-6(2-4-7)8(20)21-5-9(13,14)10(15,16)11(17,18)19/h1-4H,5H2. The number of hydrogen-bond donors (Lipinski definition) is 0. The molecule has 0 fully saturated rings. The summed E-state index contributed by atoms with van der Waals surface area (Å²) in [4.78, 5) is 11.3. The van der Waals surface area contributed by atoms with Gasteiger partial charge in [0.1, 0.15) is 0 Å². The maximum Gasteiger partial charge on any atom is 0.460 e. The summed E-state index contributed by atoms with van der Waals surface area (Å²) in [5.74, 6) is -13.4. The van der Waals surface area contributed by atoms with Gasteiger partial charge in [-0.3, -0.25) is 0 Å². The zero-order chi connectivity index (χ0) is 16.5. The van der Waals surface area contributed by atoms with Crippen molar-refractivity contribution in [2.45, 2.75) is 18.0 Å². The number of alkyl halides is 7. The topological polar surface area (TPSA) is 26.3 Å². The molecule has 0 saturated carbocycles. The normalized spacial score (nSPS) is 13.1. The summed E-state index contributed by atoms with van der Waals surface area (Å²) in [7, 11) is 0. The summed E-state index contributed by atoms with van der Waals surface area (Å²) in [5.41, 5.74) is -0.328. The average Bonchev–Trinajstić information content (AvgIpc) is 2.35. The molecule has 10 heteroatoms. The fraction of sp³-hybridized carbons (Fsp3) is 0.364. The van der Waals surface area contributed by atoms with E-state index in [1.54, 1.807) is 0 Å². The van der Waals surface area contributed by atoms with Crippen LogP contribution in [0.2, 0.25) is 5.02 Å². The van der Waals surface area contributed by atoms with Gasteiger partial charge in [-0.15, -0.1) is 0 Å². The highest BCUT2D eigenvalue weighted by Gasteiger charge is 2.73. The van der Waals surface area contributed by atoms with Gasteiger partial charge in [-0.05, 0) is 24.3 Å². The molecule has 0 aliphatic carbocycles. The number of halogens is 8. The molecule has 1 rings (SSSR count). The van der Waals surface area contributed by atoms with E-state index in [2.05, 4.69) is 4.74 Å². The molecule has 118 valence electrons. The first-order valence-electron chi connectivity index (χ1n) is 5.13. The molecule has 0 amide bonds. The molecular weight excluding hydrogens is 333 g/mol. The lowest BCUT2D eigenvalue weighted by Gasteiger charge is -2.27. The highest BCUT2D eigenvalue weighted by Crippen LogP contribution is 2.46. The lowest BCUT2D eigenvalue weighted by molar-refractivity contribution is -0.359. The van der Waals surface area contributed by atoms with Crippen LogP contribution >= 0.6 is 11.6 Å². The minimum atomic E-state index is -6.47. The SMILES string of the molecule is O=C(OCC(F)(F)C(F)(F)C(F)(F)F)c1ccc(Cl)cc1. The zero-order valence-corrected chi connectivity index (χ0v) is 10.6. The van der Waals surface area contributed by atoms with Crippen LogP contribution in [0.5, 0.6) is 0 Å². The van der Waals surface area contributed by atoms with Gasteiger partial charge in [0.25, 0.3) is 0 Å². The highest BCUT2D eigenvalue weighted by molar-refractivity contribution is 6.30. The first-order valence-corrected chi connectivity index (χ1v) is 5.51. The number of rotatable bonds is 4. The van der Waals surface area contributed by atoms with E-state index >= 15 is 0 Å². The second kappa shape index (κ2) is 5.70. The Morgan fingerprint density at radius 2 is 1.48 bits per heavy atom. The fourth-order valence-electron chi connectivity index (χ4n) is 1.12. The Morgan fingerprint density at radius 1 is 1.00 bits per heavy atom. The molecule has 0 aliphatic heterocycles. The largest absolute Gasteiger partial charge is 0.460 e. The van der Waals surface area contributed by atoms with E-state index in [-0.39, 0.29) is 10.6 Å². The average molecular weight is 339 g/mol. The maximum absolute atomic E-state index is 12.9. The lowest BCUT2D eigenvalue weighted by Crippen LogP contribution is -2.54. The van der Waals surface area contributed by atoms with E-state index in [0.717, 1.165) is 12.1 Å². The van der Waals surface area contributed by atoms with E-state index < -0.39 is 30.6 Å². The van der Waals surface area contributed by atoms with Gasteiger partial charge in [0.05, 0.1) is 5.56 Å². The molecule has 0 unspecified atom stereocenters. The summed E-state index contributed by atoms with van der Waals surface area (Å²) >= 11 is 5.48. The molecule has 0 aromatic heterocycles. The van der Waals surface area contributed by atoms with Crippen LogP contribution in [-0.4, -0.2) is 30.6 Å². The van der Waals surface area contributed by atoms with Gasteiger partial charge in [-0.2, -0.15) is 30.7 Å². The smallest absolute Gasteiger partial charge is 0.455 e. The zero-order valence-electron chi connectivity index (χ0n) is 9.86. The van der Waals surface area contributed by atoms with Crippen molar-refractivity contribution in [3.05, 3.63) is 34.9 Å². The van der Waals surface area contributed by atoms with Crippen molar-refractivity contribution < 1.29 is 40.3 Å². The van der Waals surface area contributed by atoms with Gasteiger partial charge in [-0.25, -0.2) is 4.79 Å². The third-order valence-corrected chi connectivity index (χ3v) is 2.53. The molecule has 1 aromatic carbocycles. The Bertz CT molecular complexity index is 510. The Labute approximate surface area is 118 Å². The summed E-state index contributed by atoms with van der Waals surface area (Å²) < 4.78 is 90.1. The molecule has 0 heterocycles. The van der Waals surface area contributed by atoms with Gasteiger partial charge in [0.2, 0.25) is 0 Å². The first-order chi connectivity index (χ1) is 9.38. The summed E-state index contributed by atoms with van der Waals surface area (Å²) in [6.07, 6.45) is -6.47. The van der Waals surface area contributed by atoms with Crippen LogP contribution < -0.4 is 0 Å². The van der Waals surface area contributed by atoms with E-state index in [9.17, 15) is 35.5 Å². The quantitative estimate of drug-likeness (QED) is 0.603. The summed E-state index contributed by atoms with van der Waals surface area (Å²) in [5, 5.41) is 0.195. The molecule has 0 N–H and O–H groups in total. The Balaban J connectivity index is 2.78. The van der Waals surface area contributed by atoms with Crippen molar-refractivity contribution >= 4 is 17.6 Å². The number of ether oxygens (including phenoxy) is 1. The van der Waals surface area contributed by atoms with Crippen LogP contribution in [0.4, 0.5) is 30.7 Å². The van der Waals surface area contributed by atoms with E-state index in [1.807, 2.05) is 0 Å². The van der Waals surface area contributed by atoms with Crippen LogP contribution in [0.3, 0.4) is 0 Å². The predicted molar refractivity (Wildman–Crippen MR) is 57.7 cm³/mol. The molecule has 0 spiro atoms. The molecule has 0 saturated heterocycles. The molecule has 0 aliphatic rings. The van der Waals surface area contributed by atoms with Crippen molar-refractivity contribution in [1.82, 2.24) is 0 Å². The molecular formula is C11H6ClF7O2. The number of hydrogen-bond acceptors (Lipinski definition) is 2. The number of carbonyl (C=O) groups excluding carboxylic acids is 1.